The third-order valence-corrected chi connectivity index (χ3v) is 1.80. The van der Waals surface area contributed by atoms with Crippen LogP contribution in [0.25, 0.3) is 0 Å². The van der Waals surface area contributed by atoms with Gasteiger partial charge in [0.2, 0.25) is 0 Å². The Bertz CT molecular complexity index is 210. The van der Waals surface area contributed by atoms with E-state index in [4.69, 9.17) is 9.84 Å². The number of hydrogen-bond donors (Lipinski definition) is 1. The molecule has 0 aromatic rings. The van der Waals surface area contributed by atoms with Crippen molar-refractivity contribution in [2.45, 2.75) is 26.2 Å². The van der Waals surface area contributed by atoms with Crippen LogP contribution in [0.1, 0.15) is 26.2 Å². The molecule has 1 N–H and O–H groups in total. The van der Waals surface area contributed by atoms with Crippen molar-refractivity contribution in [2.75, 3.05) is 6.61 Å². The fourth-order valence-electron chi connectivity index (χ4n) is 1.04. The van der Waals surface area contributed by atoms with E-state index < -0.39 is 11.9 Å². The summed E-state index contributed by atoms with van der Waals surface area (Å²) in [5.41, 5.74) is 0. The van der Waals surface area contributed by atoms with Gasteiger partial charge in [-0.1, -0.05) is 6.08 Å². The summed E-state index contributed by atoms with van der Waals surface area (Å²) < 4.78 is 4.71. The molecule has 14 heavy (non-hydrogen) atoms. The predicted octanol–water partition coefficient (Wildman–Crippen LogP) is 1.61. The van der Waals surface area contributed by atoms with Crippen LogP contribution in [0.4, 0.5) is 0 Å². The molecule has 0 spiro atoms. The van der Waals surface area contributed by atoms with Gasteiger partial charge >= 0.3 is 11.9 Å². The number of carboxylic acids is 1. The zero-order valence-electron chi connectivity index (χ0n) is 8.36. The van der Waals surface area contributed by atoms with Crippen molar-refractivity contribution < 1.29 is 19.4 Å². The Labute approximate surface area is 83.6 Å². The van der Waals surface area contributed by atoms with Crippen LogP contribution in [0.2, 0.25) is 0 Å². The highest BCUT2D eigenvalue weighted by molar-refractivity contribution is 5.72. The summed E-state index contributed by atoms with van der Waals surface area (Å²) >= 11 is 0. The standard InChI is InChI=1S/C10H16O4/c1-3-8(10(12)13)6-5-7-9(11)14-4-2/h3,8H,1,4-7H2,2H3,(H,12,13). The molecule has 0 aliphatic heterocycles. The summed E-state index contributed by atoms with van der Waals surface area (Å²) in [5, 5.41) is 8.65. The molecule has 0 heterocycles. The minimum atomic E-state index is -0.899. The molecular formula is C10H16O4. The monoisotopic (exact) mass is 200 g/mol. The van der Waals surface area contributed by atoms with E-state index in [1.165, 1.54) is 6.08 Å². The first-order chi connectivity index (χ1) is 6.61. The Balaban J connectivity index is 3.66. The van der Waals surface area contributed by atoms with Gasteiger partial charge in [0.05, 0.1) is 12.5 Å². The molecule has 80 valence electrons. The third kappa shape index (κ3) is 5.35. The van der Waals surface area contributed by atoms with Crippen LogP contribution in [0, 0.1) is 5.92 Å². The van der Waals surface area contributed by atoms with E-state index in [1.807, 2.05) is 0 Å². The second kappa shape index (κ2) is 7.12. The van der Waals surface area contributed by atoms with Crippen LogP contribution >= 0.6 is 0 Å². The first-order valence-corrected chi connectivity index (χ1v) is 4.62. The highest BCUT2D eigenvalue weighted by Gasteiger charge is 2.13. The summed E-state index contributed by atoms with van der Waals surface area (Å²) in [4.78, 5) is 21.4. The molecular weight excluding hydrogens is 184 g/mol. The molecule has 0 radical (unpaired) electrons. The Morgan fingerprint density at radius 2 is 2.21 bits per heavy atom. The molecule has 0 bridgehead atoms. The molecule has 1 atom stereocenters. The highest BCUT2D eigenvalue weighted by atomic mass is 16.5. The Morgan fingerprint density at radius 1 is 1.57 bits per heavy atom. The van der Waals surface area contributed by atoms with Gasteiger partial charge in [-0.3, -0.25) is 9.59 Å². The van der Waals surface area contributed by atoms with Gasteiger partial charge in [-0.15, -0.1) is 6.58 Å². The predicted molar refractivity (Wildman–Crippen MR) is 51.8 cm³/mol. The van der Waals surface area contributed by atoms with Crippen molar-refractivity contribution in [3.8, 4) is 0 Å². The molecule has 0 fully saturated rings. The number of aliphatic carboxylic acids is 1. The van der Waals surface area contributed by atoms with Crippen LogP contribution in [0.15, 0.2) is 12.7 Å². The molecule has 0 aliphatic carbocycles. The average molecular weight is 200 g/mol. The fourth-order valence-corrected chi connectivity index (χ4v) is 1.04. The van der Waals surface area contributed by atoms with Crippen molar-refractivity contribution in [1.82, 2.24) is 0 Å². The largest absolute Gasteiger partial charge is 0.481 e. The summed E-state index contributed by atoms with van der Waals surface area (Å²) in [6.07, 6.45) is 2.60. The smallest absolute Gasteiger partial charge is 0.310 e. The molecule has 4 nitrogen and oxygen atoms in total. The zero-order chi connectivity index (χ0) is 11.0. The lowest BCUT2D eigenvalue weighted by atomic mass is 10.0. The van der Waals surface area contributed by atoms with E-state index in [1.54, 1.807) is 6.92 Å². The van der Waals surface area contributed by atoms with Crippen LogP contribution in [-0.2, 0) is 14.3 Å². The number of rotatable bonds is 7. The second-order valence-corrected chi connectivity index (χ2v) is 2.88. The number of hydrogen-bond acceptors (Lipinski definition) is 3. The number of carbonyl (C=O) groups is 2. The molecule has 0 aliphatic rings. The van der Waals surface area contributed by atoms with Gasteiger partial charge in [0, 0.05) is 6.42 Å². The molecule has 4 heteroatoms. The summed E-state index contributed by atoms with van der Waals surface area (Å²) in [6, 6.07) is 0. The Hall–Kier alpha value is -1.32. The lowest BCUT2D eigenvalue weighted by Crippen LogP contribution is -2.11. The Morgan fingerprint density at radius 3 is 2.64 bits per heavy atom. The minimum absolute atomic E-state index is 0.269. The van der Waals surface area contributed by atoms with E-state index in [9.17, 15) is 9.59 Å². The first kappa shape index (κ1) is 12.7. The van der Waals surface area contributed by atoms with E-state index >= 15 is 0 Å². The molecule has 0 saturated carbocycles. The van der Waals surface area contributed by atoms with Gasteiger partial charge in [0.1, 0.15) is 0 Å². The van der Waals surface area contributed by atoms with Crippen molar-refractivity contribution in [2.24, 2.45) is 5.92 Å². The molecule has 0 saturated heterocycles. The summed E-state index contributed by atoms with van der Waals surface area (Å²) in [5.74, 6) is -1.74. The van der Waals surface area contributed by atoms with Gasteiger partial charge in [-0.25, -0.2) is 0 Å². The SMILES string of the molecule is C=CC(CCCC(=O)OCC)C(=O)O. The van der Waals surface area contributed by atoms with Crippen LogP contribution in [-0.4, -0.2) is 23.7 Å². The summed E-state index contributed by atoms with van der Waals surface area (Å²) in [7, 11) is 0. The lowest BCUT2D eigenvalue weighted by molar-refractivity contribution is -0.144. The quantitative estimate of drug-likeness (QED) is 0.501. The van der Waals surface area contributed by atoms with E-state index in [0.29, 0.717) is 19.4 Å². The third-order valence-electron chi connectivity index (χ3n) is 1.80. The molecule has 0 rings (SSSR count). The molecule has 0 aromatic carbocycles. The maximum atomic E-state index is 10.9. The molecule has 0 amide bonds. The maximum Gasteiger partial charge on any atom is 0.310 e. The van der Waals surface area contributed by atoms with Gasteiger partial charge in [-0.2, -0.15) is 0 Å². The second-order valence-electron chi connectivity index (χ2n) is 2.88. The van der Waals surface area contributed by atoms with Crippen molar-refractivity contribution >= 4 is 11.9 Å². The zero-order valence-corrected chi connectivity index (χ0v) is 8.36. The van der Waals surface area contributed by atoms with Crippen LogP contribution in [0.5, 0.6) is 0 Å². The molecule has 0 aromatic heterocycles. The topological polar surface area (TPSA) is 63.6 Å². The van der Waals surface area contributed by atoms with Crippen molar-refractivity contribution in [1.29, 1.82) is 0 Å². The number of carbonyl (C=O) groups excluding carboxylic acids is 1. The van der Waals surface area contributed by atoms with Crippen molar-refractivity contribution in [3.63, 3.8) is 0 Å². The number of ether oxygens (including phenoxy) is 1. The van der Waals surface area contributed by atoms with E-state index in [2.05, 4.69) is 6.58 Å². The van der Waals surface area contributed by atoms with Gasteiger partial charge in [0.15, 0.2) is 0 Å². The van der Waals surface area contributed by atoms with Crippen molar-refractivity contribution in [3.05, 3.63) is 12.7 Å². The average Bonchev–Trinajstić information content (AvgIpc) is 2.12. The maximum absolute atomic E-state index is 10.9. The first-order valence-electron chi connectivity index (χ1n) is 4.62. The Kier molecular flexibility index (Phi) is 6.45. The lowest BCUT2D eigenvalue weighted by Gasteiger charge is -2.06. The van der Waals surface area contributed by atoms with Gasteiger partial charge in [-0.05, 0) is 19.8 Å². The number of carboxylic acid groups (broad SMARTS) is 1. The molecule has 1 unspecified atom stereocenters. The van der Waals surface area contributed by atoms with E-state index in [-0.39, 0.29) is 12.4 Å². The number of esters is 1. The highest BCUT2D eigenvalue weighted by Crippen LogP contribution is 2.10. The van der Waals surface area contributed by atoms with Gasteiger partial charge < -0.3 is 9.84 Å². The van der Waals surface area contributed by atoms with Crippen LogP contribution < -0.4 is 0 Å². The fraction of sp³-hybridized carbons (Fsp3) is 0.600. The van der Waals surface area contributed by atoms with E-state index in [0.717, 1.165) is 0 Å². The minimum Gasteiger partial charge on any atom is -0.481 e. The summed E-state index contributed by atoms with van der Waals surface area (Å²) in [6.45, 7) is 5.52. The van der Waals surface area contributed by atoms with Crippen LogP contribution in [0.3, 0.4) is 0 Å². The normalized spacial score (nSPS) is 11.8. The van der Waals surface area contributed by atoms with Gasteiger partial charge in [0.25, 0.3) is 0 Å².